The molecular formula is C18H12N2O2. The molecule has 106 valence electrons. The van der Waals surface area contributed by atoms with Gasteiger partial charge in [0, 0.05) is 11.1 Å². The lowest BCUT2D eigenvalue weighted by Crippen LogP contribution is -1.95. The van der Waals surface area contributed by atoms with Crippen molar-refractivity contribution < 1.29 is 9.15 Å². The summed E-state index contributed by atoms with van der Waals surface area (Å²) in [4.78, 5) is 0. The van der Waals surface area contributed by atoms with Crippen LogP contribution in [0.25, 0.3) is 27.7 Å². The van der Waals surface area contributed by atoms with E-state index in [0.717, 1.165) is 22.1 Å². The van der Waals surface area contributed by atoms with Gasteiger partial charge in [-0.3, -0.25) is 0 Å². The fourth-order valence-corrected chi connectivity index (χ4v) is 2.88. The Morgan fingerprint density at radius 2 is 1.77 bits per heavy atom. The number of fused-ring (bicyclic) bond motifs is 3. The van der Waals surface area contributed by atoms with Gasteiger partial charge >= 0.3 is 0 Å². The number of hydrogen-bond donors (Lipinski definition) is 0. The van der Waals surface area contributed by atoms with E-state index in [1.807, 2.05) is 54.6 Å². The molecule has 0 bridgehead atoms. The number of aromatic nitrogens is 1. The van der Waals surface area contributed by atoms with Gasteiger partial charge in [-0.2, -0.15) is 5.26 Å². The lowest BCUT2D eigenvalue weighted by atomic mass is 10.2. The number of ether oxygens (including phenoxy) is 1. The molecule has 0 aliphatic carbocycles. The fourth-order valence-electron chi connectivity index (χ4n) is 2.88. The number of para-hydroxylation sites is 2. The zero-order valence-corrected chi connectivity index (χ0v) is 11.9. The van der Waals surface area contributed by atoms with E-state index >= 15 is 0 Å². The van der Waals surface area contributed by atoms with Gasteiger partial charge in [0.1, 0.15) is 11.6 Å². The predicted molar refractivity (Wildman–Crippen MR) is 84.3 cm³/mol. The number of methoxy groups -OCH3 is 1. The summed E-state index contributed by atoms with van der Waals surface area (Å²) in [7, 11) is 1.55. The molecule has 4 heteroatoms. The molecule has 4 aromatic rings. The molecule has 2 aromatic heterocycles. The molecule has 0 saturated heterocycles. The van der Waals surface area contributed by atoms with E-state index in [9.17, 15) is 5.26 Å². The molecule has 0 aliphatic rings. The van der Waals surface area contributed by atoms with Crippen molar-refractivity contribution in [1.82, 2.24) is 4.57 Å². The SMILES string of the molecule is COc1c(C#N)oc2c3ccccc3n(-c3ccccc3)c12. The van der Waals surface area contributed by atoms with Crippen LogP contribution in [-0.4, -0.2) is 11.7 Å². The van der Waals surface area contributed by atoms with Crippen LogP contribution in [-0.2, 0) is 0 Å². The van der Waals surface area contributed by atoms with Crippen molar-refractivity contribution in [2.45, 2.75) is 0 Å². The van der Waals surface area contributed by atoms with E-state index in [4.69, 9.17) is 9.15 Å². The number of nitrogens with zero attached hydrogens (tertiary/aromatic N) is 2. The van der Waals surface area contributed by atoms with Crippen LogP contribution in [0.2, 0.25) is 0 Å². The normalized spacial score (nSPS) is 10.9. The maximum atomic E-state index is 9.27. The Labute approximate surface area is 126 Å². The van der Waals surface area contributed by atoms with Gasteiger partial charge in [0.2, 0.25) is 11.5 Å². The third kappa shape index (κ3) is 1.57. The second-order valence-electron chi connectivity index (χ2n) is 4.94. The molecule has 0 N–H and O–H groups in total. The van der Waals surface area contributed by atoms with Crippen LogP contribution in [0.5, 0.6) is 5.75 Å². The van der Waals surface area contributed by atoms with Crippen LogP contribution in [0.4, 0.5) is 0 Å². The van der Waals surface area contributed by atoms with Crippen molar-refractivity contribution in [2.75, 3.05) is 7.11 Å². The Balaban J connectivity index is 2.25. The van der Waals surface area contributed by atoms with Crippen LogP contribution in [0.3, 0.4) is 0 Å². The largest absolute Gasteiger partial charge is 0.490 e. The van der Waals surface area contributed by atoms with E-state index < -0.39 is 0 Å². The molecule has 0 fully saturated rings. The van der Waals surface area contributed by atoms with Gasteiger partial charge in [-0.25, -0.2) is 0 Å². The van der Waals surface area contributed by atoms with Crippen molar-refractivity contribution >= 4 is 22.0 Å². The number of furan rings is 1. The first-order chi connectivity index (χ1) is 10.8. The lowest BCUT2D eigenvalue weighted by Gasteiger charge is -2.07. The summed E-state index contributed by atoms with van der Waals surface area (Å²) in [5.74, 6) is 0.667. The number of hydrogen-bond acceptors (Lipinski definition) is 3. The third-order valence-corrected chi connectivity index (χ3v) is 3.77. The van der Waals surface area contributed by atoms with Crippen LogP contribution in [0.1, 0.15) is 5.76 Å². The third-order valence-electron chi connectivity index (χ3n) is 3.77. The van der Waals surface area contributed by atoms with E-state index in [1.54, 1.807) is 7.11 Å². The highest BCUT2D eigenvalue weighted by molar-refractivity contribution is 6.09. The molecular weight excluding hydrogens is 276 g/mol. The van der Waals surface area contributed by atoms with E-state index in [1.165, 1.54) is 0 Å². The summed E-state index contributed by atoms with van der Waals surface area (Å²) < 4.78 is 13.3. The molecule has 0 radical (unpaired) electrons. The van der Waals surface area contributed by atoms with Gasteiger partial charge in [0.15, 0.2) is 5.58 Å². The fraction of sp³-hybridized carbons (Fsp3) is 0.0556. The predicted octanol–water partition coefficient (Wildman–Crippen LogP) is 4.26. The Bertz CT molecular complexity index is 1020. The van der Waals surface area contributed by atoms with Crippen molar-refractivity contribution in [1.29, 1.82) is 5.26 Å². The zero-order valence-electron chi connectivity index (χ0n) is 11.9. The minimum absolute atomic E-state index is 0.197. The summed E-state index contributed by atoms with van der Waals surface area (Å²) >= 11 is 0. The van der Waals surface area contributed by atoms with E-state index in [-0.39, 0.29) is 5.76 Å². The zero-order chi connectivity index (χ0) is 15.1. The second kappa shape index (κ2) is 4.68. The Hall–Kier alpha value is -3.19. The molecule has 2 heterocycles. The van der Waals surface area contributed by atoms with E-state index in [2.05, 4.69) is 10.6 Å². The monoisotopic (exact) mass is 288 g/mol. The quantitative estimate of drug-likeness (QED) is 0.554. The molecule has 4 nitrogen and oxygen atoms in total. The van der Waals surface area contributed by atoms with Crippen molar-refractivity contribution in [3.8, 4) is 17.5 Å². The first kappa shape index (κ1) is 12.5. The van der Waals surface area contributed by atoms with Gasteiger partial charge in [-0.05, 0) is 24.3 Å². The Morgan fingerprint density at radius 3 is 2.50 bits per heavy atom. The molecule has 22 heavy (non-hydrogen) atoms. The number of rotatable bonds is 2. The summed E-state index contributed by atoms with van der Waals surface area (Å²) in [6.07, 6.45) is 0. The van der Waals surface area contributed by atoms with Gasteiger partial charge in [-0.1, -0.05) is 30.3 Å². The van der Waals surface area contributed by atoms with Gasteiger partial charge in [0.25, 0.3) is 0 Å². The van der Waals surface area contributed by atoms with Crippen LogP contribution < -0.4 is 4.74 Å². The van der Waals surface area contributed by atoms with Crippen LogP contribution in [0, 0.1) is 11.3 Å². The highest BCUT2D eigenvalue weighted by atomic mass is 16.5. The minimum atomic E-state index is 0.197. The molecule has 0 saturated carbocycles. The highest BCUT2D eigenvalue weighted by Gasteiger charge is 2.23. The summed E-state index contributed by atoms with van der Waals surface area (Å²) in [6.45, 7) is 0. The molecule has 0 unspecified atom stereocenters. The average Bonchev–Trinajstić information content (AvgIpc) is 3.09. The van der Waals surface area contributed by atoms with E-state index in [0.29, 0.717) is 11.3 Å². The van der Waals surface area contributed by atoms with Crippen molar-refractivity contribution in [3.05, 3.63) is 60.4 Å². The minimum Gasteiger partial charge on any atom is -0.490 e. The summed E-state index contributed by atoms with van der Waals surface area (Å²) in [5, 5.41) is 10.2. The second-order valence-corrected chi connectivity index (χ2v) is 4.94. The Kier molecular flexibility index (Phi) is 2.67. The summed E-state index contributed by atoms with van der Waals surface area (Å²) in [6, 6.07) is 20.0. The molecule has 2 aromatic carbocycles. The molecule has 4 rings (SSSR count). The first-order valence-electron chi connectivity index (χ1n) is 6.90. The van der Waals surface area contributed by atoms with Gasteiger partial charge in [0.05, 0.1) is 12.6 Å². The van der Waals surface area contributed by atoms with Crippen LogP contribution in [0.15, 0.2) is 59.0 Å². The summed E-state index contributed by atoms with van der Waals surface area (Å²) in [5.41, 5.74) is 3.47. The average molecular weight is 288 g/mol. The number of benzene rings is 2. The molecule has 0 atom stereocenters. The molecule has 0 spiro atoms. The first-order valence-corrected chi connectivity index (χ1v) is 6.90. The number of nitriles is 1. The highest BCUT2D eigenvalue weighted by Crippen LogP contribution is 2.40. The van der Waals surface area contributed by atoms with Crippen molar-refractivity contribution in [3.63, 3.8) is 0 Å². The van der Waals surface area contributed by atoms with Crippen LogP contribution >= 0.6 is 0 Å². The molecule has 0 aliphatic heterocycles. The topological polar surface area (TPSA) is 51.1 Å². The van der Waals surface area contributed by atoms with Crippen molar-refractivity contribution in [2.24, 2.45) is 0 Å². The molecule has 0 amide bonds. The maximum absolute atomic E-state index is 9.27. The maximum Gasteiger partial charge on any atom is 0.248 e. The standard InChI is InChI=1S/C18H12N2O2/c1-21-18-15(11-19)22-17-13-9-5-6-10-14(13)20(16(17)18)12-7-3-2-4-8-12/h2-10H,1H3. The van der Waals surface area contributed by atoms with Gasteiger partial charge < -0.3 is 13.7 Å². The Morgan fingerprint density at radius 1 is 1.05 bits per heavy atom. The smallest absolute Gasteiger partial charge is 0.248 e. The lowest BCUT2D eigenvalue weighted by molar-refractivity contribution is 0.406. The van der Waals surface area contributed by atoms with Gasteiger partial charge in [-0.15, -0.1) is 0 Å².